The number of rotatable bonds is 7. The van der Waals surface area contributed by atoms with Crippen molar-refractivity contribution in [2.24, 2.45) is 0 Å². The zero-order valence-electron chi connectivity index (χ0n) is 16.4. The van der Waals surface area contributed by atoms with Crippen molar-refractivity contribution >= 4 is 11.6 Å². The van der Waals surface area contributed by atoms with E-state index in [0.717, 1.165) is 16.2 Å². The highest BCUT2D eigenvalue weighted by atomic mass is 19.1. The van der Waals surface area contributed by atoms with Gasteiger partial charge in [0, 0.05) is 11.3 Å². The summed E-state index contributed by atoms with van der Waals surface area (Å²) >= 11 is 0. The number of benzene rings is 2. The fourth-order valence-corrected chi connectivity index (χ4v) is 3.17. The molecule has 0 aliphatic carbocycles. The van der Waals surface area contributed by atoms with Crippen LogP contribution in [0, 0.1) is 5.82 Å². The average Bonchev–Trinajstić information content (AvgIpc) is 2.56. The fraction of sp³-hybridized carbons (Fsp3) is 0.409. The Hall–Kier alpha value is -2.20. The van der Waals surface area contributed by atoms with Crippen LogP contribution in [0.15, 0.2) is 42.5 Å². The maximum atomic E-state index is 13.0. The molecular formula is C22H30FN2O+. The molecule has 2 aromatic rings. The summed E-state index contributed by atoms with van der Waals surface area (Å²) in [4.78, 5) is 13.7. The fourth-order valence-electron chi connectivity index (χ4n) is 3.17. The molecule has 1 amide bonds. The van der Waals surface area contributed by atoms with Gasteiger partial charge in [-0.3, -0.25) is 4.79 Å². The van der Waals surface area contributed by atoms with Gasteiger partial charge in [-0.05, 0) is 35.1 Å². The Morgan fingerprint density at radius 2 is 1.54 bits per heavy atom. The highest BCUT2D eigenvalue weighted by molar-refractivity contribution is 5.93. The number of carbonyl (C=O) groups is 1. The first kappa shape index (κ1) is 20.1. The first-order valence-electron chi connectivity index (χ1n) is 9.26. The molecule has 2 rings (SSSR count). The summed E-state index contributed by atoms with van der Waals surface area (Å²) in [6, 6.07) is 12.7. The third kappa shape index (κ3) is 5.40. The second kappa shape index (κ2) is 8.95. The SMILES string of the molecule is CC(C)c1cccc(C(C)C)c1NC(=O)C[NH+](C)Cc1ccc(F)cc1. The minimum atomic E-state index is -0.240. The molecule has 0 bridgehead atoms. The molecule has 0 saturated carbocycles. The largest absolute Gasteiger partial charge is 0.326 e. The Morgan fingerprint density at radius 3 is 2.04 bits per heavy atom. The predicted molar refractivity (Wildman–Crippen MR) is 105 cm³/mol. The zero-order chi connectivity index (χ0) is 19.3. The van der Waals surface area contributed by atoms with Crippen LogP contribution in [0.4, 0.5) is 10.1 Å². The highest BCUT2D eigenvalue weighted by Gasteiger charge is 2.18. The zero-order valence-corrected chi connectivity index (χ0v) is 16.4. The minimum Gasteiger partial charge on any atom is -0.326 e. The van der Waals surface area contributed by atoms with E-state index in [1.807, 2.05) is 7.05 Å². The molecule has 0 saturated heterocycles. The van der Waals surface area contributed by atoms with Gasteiger partial charge in [0.1, 0.15) is 12.4 Å². The lowest BCUT2D eigenvalue weighted by Crippen LogP contribution is -3.08. The number of hydrogen-bond donors (Lipinski definition) is 2. The molecule has 1 atom stereocenters. The molecule has 0 heterocycles. The lowest BCUT2D eigenvalue weighted by atomic mass is 9.92. The van der Waals surface area contributed by atoms with Crippen molar-refractivity contribution in [2.45, 2.75) is 46.1 Å². The first-order chi connectivity index (χ1) is 12.3. The van der Waals surface area contributed by atoms with E-state index in [0.29, 0.717) is 24.9 Å². The molecule has 0 aromatic heterocycles. The molecule has 4 heteroatoms. The molecule has 26 heavy (non-hydrogen) atoms. The van der Waals surface area contributed by atoms with Crippen LogP contribution in [-0.2, 0) is 11.3 Å². The van der Waals surface area contributed by atoms with Crippen LogP contribution in [0.2, 0.25) is 0 Å². The number of para-hydroxylation sites is 1. The Balaban J connectivity index is 2.08. The number of likely N-dealkylation sites (N-methyl/N-ethyl adjacent to an activating group) is 1. The Morgan fingerprint density at radius 1 is 1.00 bits per heavy atom. The van der Waals surface area contributed by atoms with Crippen LogP contribution in [0.5, 0.6) is 0 Å². The van der Waals surface area contributed by atoms with Gasteiger partial charge >= 0.3 is 0 Å². The van der Waals surface area contributed by atoms with Gasteiger partial charge in [0.2, 0.25) is 0 Å². The lowest BCUT2D eigenvalue weighted by Gasteiger charge is -2.21. The summed E-state index contributed by atoms with van der Waals surface area (Å²) in [7, 11) is 1.97. The number of halogens is 1. The monoisotopic (exact) mass is 357 g/mol. The molecule has 0 aliphatic heterocycles. The van der Waals surface area contributed by atoms with Gasteiger partial charge in [-0.25, -0.2) is 4.39 Å². The minimum absolute atomic E-state index is 0.000360. The number of hydrogen-bond acceptors (Lipinski definition) is 1. The summed E-state index contributed by atoms with van der Waals surface area (Å²) in [5.74, 6) is 0.442. The maximum absolute atomic E-state index is 13.0. The standard InChI is InChI=1S/C22H29FN2O/c1-15(2)19-7-6-8-20(16(3)4)22(19)24-21(26)14-25(5)13-17-9-11-18(23)12-10-17/h6-12,15-16H,13-14H2,1-5H3,(H,24,26)/p+1. The van der Waals surface area contributed by atoms with E-state index in [9.17, 15) is 9.18 Å². The van der Waals surface area contributed by atoms with Crippen LogP contribution in [0.1, 0.15) is 56.2 Å². The smallest absolute Gasteiger partial charge is 0.279 e. The molecule has 0 spiro atoms. The van der Waals surface area contributed by atoms with E-state index in [2.05, 4.69) is 51.2 Å². The molecule has 140 valence electrons. The quantitative estimate of drug-likeness (QED) is 0.778. The normalized spacial score (nSPS) is 12.5. The van der Waals surface area contributed by atoms with Crippen molar-refractivity contribution in [1.29, 1.82) is 0 Å². The van der Waals surface area contributed by atoms with Crippen molar-refractivity contribution in [3.63, 3.8) is 0 Å². The van der Waals surface area contributed by atoms with Crippen molar-refractivity contribution in [2.75, 3.05) is 18.9 Å². The number of carbonyl (C=O) groups excluding carboxylic acids is 1. The molecule has 2 aromatic carbocycles. The van der Waals surface area contributed by atoms with Gasteiger partial charge in [-0.1, -0.05) is 58.0 Å². The summed E-state index contributed by atoms with van der Waals surface area (Å²) < 4.78 is 13.0. The van der Waals surface area contributed by atoms with E-state index in [4.69, 9.17) is 0 Å². The van der Waals surface area contributed by atoms with Gasteiger partial charge in [0.05, 0.1) is 7.05 Å². The summed E-state index contributed by atoms with van der Waals surface area (Å²) in [5, 5.41) is 3.15. The molecule has 0 aliphatic rings. The molecule has 2 N–H and O–H groups in total. The van der Waals surface area contributed by atoms with Crippen LogP contribution >= 0.6 is 0 Å². The summed E-state index contributed by atoms with van der Waals surface area (Å²) in [6.07, 6.45) is 0. The summed E-state index contributed by atoms with van der Waals surface area (Å²) in [6.45, 7) is 9.60. The van der Waals surface area contributed by atoms with Gasteiger partial charge < -0.3 is 10.2 Å². The third-order valence-corrected chi connectivity index (χ3v) is 4.52. The van der Waals surface area contributed by atoms with E-state index in [1.165, 1.54) is 23.3 Å². The predicted octanol–water partition coefficient (Wildman–Crippen LogP) is 3.73. The van der Waals surface area contributed by atoms with Crippen LogP contribution < -0.4 is 10.2 Å². The summed E-state index contributed by atoms with van der Waals surface area (Å²) in [5.41, 5.74) is 4.31. The Kier molecular flexibility index (Phi) is 6.92. The first-order valence-corrected chi connectivity index (χ1v) is 9.26. The molecule has 0 fully saturated rings. The van der Waals surface area contributed by atoms with Crippen molar-refractivity contribution in [3.05, 3.63) is 65.0 Å². The van der Waals surface area contributed by atoms with Crippen molar-refractivity contribution in [3.8, 4) is 0 Å². The second-order valence-electron chi connectivity index (χ2n) is 7.61. The molecule has 1 unspecified atom stereocenters. The number of amides is 1. The second-order valence-corrected chi connectivity index (χ2v) is 7.61. The average molecular weight is 357 g/mol. The maximum Gasteiger partial charge on any atom is 0.279 e. The van der Waals surface area contributed by atoms with Crippen LogP contribution in [0.25, 0.3) is 0 Å². The Labute approximate surface area is 156 Å². The molecule has 3 nitrogen and oxygen atoms in total. The van der Waals surface area contributed by atoms with Crippen LogP contribution in [-0.4, -0.2) is 19.5 Å². The number of anilines is 1. The van der Waals surface area contributed by atoms with Crippen molar-refractivity contribution in [1.82, 2.24) is 0 Å². The van der Waals surface area contributed by atoms with Gasteiger partial charge in [-0.2, -0.15) is 0 Å². The lowest BCUT2D eigenvalue weighted by molar-refractivity contribution is -0.885. The molecule has 0 radical (unpaired) electrons. The highest BCUT2D eigenvalue weighted by Crippen LogP contribution is 2.32. The van der Waals surface area contributed by atoms with Gasteiger partial charge in [-0.15, -0.1) is 0 Å². The van der Waals surface area contributed by atoms with E-state index < -0.39 is 0 Å². The third-order valence-electron chi connectivity index (χ3n) is 4.52. The van der Waals surface area contributed by atoms with Crippen LogP contribution in [0.3, 0.4) is 0 Å². The molecular weight excluding hydrogens is 327 g/mol. The number of nitrogens with one attached hydrogen (secondary N) is 2. The topological polar surface area (TPSA) is 33.5 Å². The van der Waals surface area contributed by atoms with Crippen molar-refractivity contribution < 1.29 is 14.1 Å². The Bertz CT molecular complexity index is 712. The number of quaternary nitrogens is 1. The van der Waals surface area contributed by atoms with Gasteiger partial charge in [0.25, 0.3) is 5.91 Å². The van der Waals surface area contributed by atoms with E-state index in [1.54, 1.807) is 12.1 Å². The van der Waals surface area contributed by atoms with Gasteiger partial charge in [0.15, 0.2) is 6.54 Å². The van der Waals surface area contributed by atoms with E-state index >= 15 is 0 Å². The van der Waals surface area contributed by atoms with E-state index in [-0.39, 0.29) is 11.7 Å².